The molecule has 26 heavy (non-hydrogen) atoms. The summed E-state index contributed by atoms with van der Waals surface area (Å²) < 4.78 is 0. The van der Waals surface area contributed by atoms with Crippen molar-refractivity contribution in [2.75, 3.05) is 59.1 Å². The van der Waals surface area contributed by atoms with Crippen molar-refractivity contribution in [3.8, 4) is 0 Å². The van der Waals surface area contributed by atoms with Gasteiger partial charge in [0.1, 0.15) is 0 Å². The Morgan fingerprint density at radius 3 is 2.42 bits per heavy atom. The van der Waals surface area contributed by atoms with Crippen LogP contribution in [0, 0.1) is 5.92 Å². The van der Waals surface area contributed by atoms with Crippen molar-refractivity contribution in [3.05, 3.63) is 30.3 Å². The summed E-state index contributed by atoms with van der Waals surface area (Å²) in [6.45, 7) is 11.1. The monoisotopic (exact) mass is 377 g/mol. The van der Waals surface area contributed by atoms with Gasteiger partial charge in [-0.1, -0.05) is 32.0 Å². The first-order valence-electron chi connectivity index (χ1n) is 9.65. The lowest BCUT2D eigenvalue weighted by Crippen LogP contribution is -2.55. The second-order valence-electron chi connectivity index (χ2n) is 7.19. The minimum atomic E-state index is 0.543. The van der Waals surface area contributed by atoms with Gasteiger partial charge in [-0.25, -0.2) is 0 Å². The molecule has 1 fully saturated rings. The molecular formula is C20H35N5S. The highest BCUT2D eigenvalue weighted by Gasteiger charge is 2.24. The summed E-state index contributed by atoms with van der Waals surface area (Å²) in [5.74, 6) is 2.55. The van der Waals surface area contributed by atoms with Crippen LogP contribution < -0.4 is 10.6 Å². The molecule has 1 heterocycles. The molecule has 0 aromatic heterocycles. The van der Waals surface area contributed by atoms with E-state index in [1.54, 1.807) is 0 Å². The number of rotatable bonds is 8. The molecule has 0 aliphatic carbocycles. The second kappa shape index (κ2) is 11.5. The Morgan fingerprint density at radius 2 is 1.81 bits per heavy atom. The summed E-state index contributed by atoms with van der Waals surface area (Å²) in [5, 5.41) is 6.97. The highest BCUT2D eigenvalue weighted by atomic mass is 32.2. The van der Waals surface area contributed by atoms with Crippen LogP contribution in [0.5, 0.6) is 0 Å². The van der Waals surface area contributed by atoms with Gasteiger partial charge in [0, 0.05) is 63.0 Å². The van der Waals surface area contributed by atoms with Gasteiger partial charge in [0.25, 0.3) is 0 Å². The summed E-state index contributed by atoms with van der Waals surface area (Å²) in [6, 6.07) is 11.1. The standard InChI is InChI=1S/C20H35N5S/c1-17(2)19(25-13-11-24(4)12-14-25)16-23-20(21-3)22-10-15-26-18-8-6-5-7-9-18/h5-9,17,19H,10-16H2,1-4H3,(H2,21,22,23). The van der Waals surface area contributed by atoms with Gasteiger partial charge >= 0.3 is 0 Å². The molecule has 1 aliphatic rings. The van der Waals surface area contributed by atoms with Crippen LogP contribution in [-0.4, -0.2) is 80.9 Å². The molecule has 1 aromatic rings. The lowest BCUT2D eigenvalue weighted by molar-refractivity contribution is 0.0900. The number of aliphatic imine (C=N–C) groups is 1. The summed E-state index contributed by atoms with van der Waals surface area (Å²) in [4.78, 5) is 10.7. The fourth-order valence-electron chi connectivity index (χ4n) is 3.22. The molecule has 0 saturated carbocycles. The Hall–Kier alpha value is -1.24. The van der Waals surface area contributed by atoms with Gasteiger partial charge in [-0.15, -0.1) is 11.8 Å². The highest BCUT2D eigenvalue weighted by Crippen LogP contribution is 2.16. The van der Waals surface area contributed by atoms with E-state index in [1.165, 1.54) is 4.90 Å². The molecular weight excluding hydrogens is 342 g/mol. The van der Waals surface area contributed by atoms with Gasteiger partial charge in [0.2, 0.25) is 0 Å². The number of nitrogens with one attached hydrogen (secondary N) is 2. The van der Waals surface area contributed by atoms with Crippen LogP contribution in [0.3, 0.4) is 0 Å². The van der Waals surface area contributed by atoms with E-state index in [0.717, 1.165) is 51.0 Å². The number of piperazine rings is 1. The molecule has 5 nitrogen and oxygen atoms in total. The van der Waals surface area contributed by atoms with E-state index in [4.69, 9.17) is 0 Å². The zero-order valence-corrected chi connectivity index (χ0v) is 17.6. The maximum absolute atomic E-state index is 4.38. The van der Waals surface area contributed by atoms with Crippen molar-refractivity contribution in [2.24, 2.45) is 10.9 Å². The van der Waals surface area contributed by atoms with E-state index in [9.17, 15) is 0 Å². The Labute approximate surface area is 163 Å². The number of guanidine groups is 1. The van der Waals surface area contributed by atoms with Crippen LogP contribution in [0.25, 0.3) is 0 Å². The van der Waals surface area contributed by atoms with Crippen molar-refractivity contribution in [3.63, 3.8) is 0 Å². The lowest BCUT2D eigenvalue weighted by atomic mass is 10.0. The van der Waals surface area contributed by atoms with Crippen molar-refractivity contribution in [1.29, 1.82) is 0 Å². The van der Waals surface area contributed by atoms with Gasteiger partial charge in [-0.3, -0.25) is 9.89 Å². The Morgan fingerprint density at radius 1 is 1.12 bits per heavy atom. The summed E-state index contributed by atoms with van der Waals surface area (Å²) in [6.07, 6.45) is 0. The van der Waals surface area contributed by atoms with Gasteiger partial charge in [-0.05, 0) is 25.1 Å². The Balaban J connectivity index is 1.72. The first-order chi connectivity index (χ1) is 12.6. The predicted octanol–water partition coefficient (Wildman–Crippen LogP) is 2.22. The minimum absolute atomic E-state index is 0.543. The molecule has 1 saturated heterocycles. The number of hydrogen-bond donors (Lipinski definition) is 2. The molecule has 0 amide bonds. The van der Waals surface area contributed by atoms with Crippen molar-refractivity contribution in [1.82, 2.24) is 20.4 Å². The molecule has 2 rings (SSSR count). The van der Waals surface area contributed by atoms with Crippen LogP contribution in [-0.2, 0) is 0 Å². The van der Waals surface area contributed by atoms with Crippen molar-refractivity contribution >= 4 is 17.7 Å². The zero-order valence-electron chi connectivity index (χ0n) is 16.7. The van der Waals surface area contributed by atoms with Crippen LogP contribution in [0.15, 0.2) is 40.2 Å². The molecule has 0 radical (unpaired) electrons. The molecule has 1 aromatic carbocycles. The average Bonchev–Trinajstić information content (AvgIpc) is 2.65. The normalized spacial score (nSPS) is 18.1. The SMILES string of the molecule is CN=C(NCCSc1ccccc1)NCC(C(C)C)N1CCN(C)CC1. The molecule has 1 aliphatic heterocycles. The second-order valence-corrected chi connectivity index (χ2v) is 8.36. The smallest absolute Gasteiger partial charge is 0.191 e. The molecule has 0 spiro atoms. The topological polar surface area (TPSA) is 42.9 Å². The number of hydrogen-bond acceptors (Lipinski definition) is 4. The fourth-order valence-corrected chi connectivity index (χ4v) is 4.01. The lowest BCUT2D eigenvalue weighted by Gasteiger charge is -2.40. The number of benzene rings is 1. The number of thioether (sulfide) groups is 1. The third-order valence-corrected chi connectivity index (χ3v) is 5.90. The van der Waals surface area contributed by atoms with Crippen LogP contribution in [0.4, 0.5) is 0 Å². The fraction of sp³-hybridized carbons (Fsp3) is 0.650. The molecule has 1 atom stereocenters. The molecule has 2 N–H and O–H groups in total. The third kappa shape index (κ3) is 7.17. The molecule has 0 bridgehead atoms. The number of nitrogens with zero attached hydrogens (tertiary/aromatic N) is 3. The maximum atomic E-state index is 4.38. The first kappa shape index (κ1) is 21.1. The Bertz CT molecular complexity index is 526. The van der Waals surface area contributed by atoms with Gasteiger partial charge in [0.15, 0.2) is 5.96 Å². The van der Waals surface area contributed by atoms with E-state index in [-0.39, 0.29) is 0 Å². The van der Waals surface area contributed by atoms with E-state index >= 15 is 0 Å². The molecule has 146 valence electrons. The zero-order chi connectivity index (χ0) is 18.8. The van der Waals surface area contributed by atoms with Gasteiger partial charge in [-0.2, -0.15) is 0 Å². The van der Waals surface area contributed by atoms with Crippen molar-refractivity contribution in [2.45, 2.75) is 24.8 Å². The molecule has 1 unspecified atom stereocenters. The van der Waals surface area contributed by atoms with Crippen LogP contribution in [0.2, 0.25) is 0 Å². The van der Waals surface area contributed by atoms with Crippen LogP contribution >= 0.6 is 11.8 Å². The van der Waals surface area contributed by atoms with Gasteiger partial charge in [0.05, 0.1) is 0 Å². The predicted molar refractivity (Wildman–Crippen MR) is 114 cm³/mol. The van der Waals surface area contributed by atoms with E-state index in [1.807, 2.05) is 18.8 Å². The van der Waals surface area contributed by atoms with E-state index in [2.05, 4.69) is 76.7 Å². The quantitative estimate of drug-likeness (QED) is 0.315. The number of likely N-dealkylation sites (N-methyl/N-ethyl adjacent to an activating group) is 1. The highest BCUT2D eigenvalue weighted by molar-refractivity contribution is 7.99. The minimum Gasteiger partial charge on any atom is -0.356 e. The summed E-state index contributed by atoms with van der Waals surface area (Å²) in [7, 11) is 4.05. The van der Waals surface area contributed by atoms with Crippen LogP contribution in [0.1, 0.15) is 13.8 Å². The van der Waals surface area contributed by atoms with E-state index < -0.39 is 0 Å². The largest absolute Gasteiger partial charge is 0.356 e. The molecule has 6 heteroatoms. The summed E-state index contributed by atoms with van der Waals surface area (Å²) in [5.41, 5.74) is 0. The Kier molecular flexibility index (Phi) is 9.29. The van der Waals surface area contributed by atoms with Crippen molar-refractivity contribution < 1.29 is 0 Å². The average molecular weight is 378 g/mol. The maximum Gasteiger partial charge on any atom is 0.191 e. The summed E-state index contributed by atoms with van der Waals surface area (Å²) >= 11 is 1.87. The first-order valence-corrected chi connectivity index (χ1v) is 10.6. The van der Waals surface area contributed by atoms with E-state index in [0.29, 0.717) is 12.0 Å². The van der Waals surface area contributed by atoms with Gasteiger partial charge < -0.3 is 15.5 Å². The third-order valence-electron chi connectivity index (χ3n) is 4.89.